The molecule has 0 aliphatic carbocycles. The van der Waals surface area contributed by atoms with E-state index in [2.05, 4.69) is 52.5 Å². The zero-order valence-electron chi connectivity index (χ0n) is 39.5. The lowest BCUT2D eigenvalue weighted by Gasteiger charge is -2.29. The first-order valence-corrected chi connectivity index (χ1v) is 25.8. The minimum absolute atomic E-state index is 0.000754. The van der Waals surface area contributed by atoms with Crippen molar-refractivity contribution in [1.82, 2.24) is 57.4 Å². The fourth-order valence-electron chi connectivity index (χ4n) is 7.33. The van der Waals surface area contributed by atoms with Crippen molar-refractivity contribution in [3.05, 3.63) is 18.2 Å². The average Bonchev–Trinajstić information content (AvgIpc) is 4.07. The summed E-state index contributed by atoms with van der Waals surface area (Å²) in [5, 5.41) is 66.3. The number of hydrogen-bond donors (Lipinski definition) is 16. The van der Waals surface area contributed by atoms with Crippen LogP contribution in [0.3, 0.4) is 0 Å². The SMILES string of the molecule is C[C@H](N)C(=O)N[C@@H]1CCCC[C@H](C(=O)NCC(=O)O)NC(=O)C(Cc2cnc[nH]2)NC(=O)[C@H](CCCCN)NC(=O)[C@H](CO)SS(=O)[C@H]2CCCN2C(=O)[C@H](CO)NC(=O)C(CO)NC(=O)[C@@H](CO)NC1=O. The van der Waals surface area contributed by atoms with Crippen LogP contribution in [0.1, 0.15) is 70.4 Å². The van der Waals surface area contributed by atoms with Crippen LogP contribution in [0.25, 0.3) is 0 Å². The largest absolute Gasteiger partial charge is 0.480 e. The number of nitrogens with one attached hydrogen (secondary N) is 9. The molecule has 3 heterocycles. The molecule has 2 aliphatic rings. The van der Waals surface area contributed by atoms with Gasteiger partial charge in [0.2, 0.25) is 53.2 Å². The predicted octanol–water partition coefficient (Wildman–Crippen LogP) is -7.72. The summed E-state index contributed by atoms with van der Waals surface area (Å²) in [6.45, 7) is -3.41. The molecule has 0 aromatic carbocycles. The van der Waals surface area contributed by atoms with Crippen molar-refractivity contribution < 1.29 is 77.7 Å². The highest BCUT2D eigenvalue weighted by molar-refractivity contribution is 8.69. The first-order chi connectivity index (χ1) is 34.3. The average molecular weight is 1060 g/mol. The summed E-state index contributed by atoms with van der Waals surface area (Å²) in [6, 6.07) is -12.3. The number of amides is 9. The number of imidazole rings is 1. The summed E-state index contributed by atoms with van der Waals surface area (Å²) < 4.78 is 13.9. The third-order valence-corrected chi connectivity index (χ3v) is 15.0. The van der Waals surface area contributed by atoms with E-state index in [9.17, 15) is 77.7 Å². The van der Waals surface area contributed by atoms with Gasteiger partial charge in [0.15, 0.2) is 0 Å². The number of aromatic nitrogens is 2. The van der Waals surface area contributed by atoms with E-state index in [4.69, 9.17) is 11.5 Å². The number of unbranched alkanes of at least 4 members (excludes halogenated alkanes) is 1. The number of rotatable bonds is 15. The van der Waals surface area contributed by atoms with E-state index in [-0.39, 0.29) is 70.9 Å². The Hall–Kier alpha value is -5.83. The van der Waals surface area contributed by atoms with Crippen LogP contribution in [0.5, 0.6) is 0 Å². The van der Waals surface area contributed by atoms with Crippen molar-refractivity contribution in [3.8, 4) is 0 Å². The van der Waals surface area contributed by atoms with Crippen LogP contribution in [0.4, 0.5) is 0 Å². The number of carbonyl (C=O) groups excluding carboxylic acids is 9. The van der Waals surface area contributed by atoms with Gasteiger partial charge in [0.05, 0.1) is 38.8 Å². The molecule has 404 valence electrons. The van der Waals surface area contributed by atoms with Crippen LogP contribution >= 0.6 is 10.8 Å². The Kier molecular flexibility index (Phi) is 26.0. The minimum Gasteiger partial charge on any atom is -0.480 e. The summed E-state index contributed by atoms with van der Waals surface area (Å²) in [4.78, 5) is 142. The van der Waals surface area contributed by atoms with Gasteiger partial charge >= 0.3 is 5.97 Å². The molecule has 11 atom stereocenters. The maximum Gasteiger partial charge on any atom is 0.322 e. The van der Waals surface area contributed by atoms with Crippen molar-refractivity contribution in [2.75, 3.05) is 46.1 Å². The molecule has 0 radical (unpaired) electrons. The number of carboxylic acid groups (broad SMARTS) is 1. The van der Waals surface area contributed by atoms with Crippen LogP contribution in [0.2, 0.25) is 0 Å². The van der Waals surface area contributed by atoms with Gasteiger partial charge < -0.3 is 89.4 Å². The number of aromatic amines is 1. The Morgan fingerprint density at radius 2 is 1.36 bits per heavy atom. The minimum atomic E-state index is -2.17. The van der Waals surface area contributed by atoms with Gasteiger partial charge in [-0.15, -0.1) is 0 Å². The summed E-state index contributed by atoms with van der Waals surface area (Å²) >= 11 is 0. The normalized spacial score (nSPS) is 27.7. The number of carbonyl (C=O) groups is 10. The van der Waals surface area contributed by atoms with E-state index >= 15 is 0 Å². The van der Waals surface area contributed by atoms with E-state index in [1.165, 1.54) is 19.4 Å². The molecule has 0 bridgehead atoms. The third kappa shape index (κ3) is 19.0. The highest BCUT2D eigenvalue weighted by Gasteiger charge is 2.40. The Morgan fingerprint density at radius 3 is 1.94 bits per heavy atom. The Labute approximate surface area is 419 Å². The quantitative estimate of drug-likeness (QED) is 0.0573. The van der Waals surface area contributed by atoms with Crippen LogP contribution in [0.15, 0.2) is 12.5 Å². The third-order valence-electron chi connectivity index (χ3n) is 11.3. The maximum atomic E-state index is 14.1. The summed E-state index contributed by atoms with van der Waals surface area (Å²) in [7, 11) is -1.70. The van der Waals surface area contributed by atoms with Crippen LogP contribution in [-0.2, 0) is 64.2 Å². The Morgan fingerprint density at radius 1 is 0.778 bits per heavy atom. The zero-order valence-corrected chi connectivity index (χ0v) is 41.2. The van der Waals surface area contributed by atoms with Crippen molar-refractivity contribution in [3.63, 3.8) is 0 Å². The maximum absolute atomic E-state index is 14.1. The molecule has 1 aromatic rings. The van der Waals surface area contributed by atoms with Gasteiger partial charge in [0.1, 0.15) is 69.3 Å². The molecule has 3 unspecified atom stereocenters. The monoisotopic (exact) mass is 1060 g/mol. The van der Waals surface area contributed by atoms with Crippen molar-refractivity contribution in [1.29, 1.82) is 0 Å². The predicted molar refractivity (Wildman–Crippen MR) is 254 cm³/mol. The fraction of sp³-hybridized carbons (Fsp3) is 0.683. The molecule has 2 fully saturated rings. The highest BCUT2D eigenvalue weighted by Crippen LogP contribution is 2.29. The molecule has 0 saturated carbocycles. The number of nitrogens with zero attached hydrogens (tertiary/aromatic N) is 2. The summed E-state index contributed by atoms with van der Waals surface area (Å²) in [5.74, 6) is -10.3. The van der Waals surface area contributed by atoms with Gasteiger partial charge in [-0.05, 0) is 69.2 Å². The summed E-state index contributed by atoms with van der Waals surface area (Å²) in [5.41, 5.74) is 11.8. The number of hydrogen-bond acceptors (Lipinski definition) is 19. The highest BCUT2D eigenvalue weighted by atomic mass is 33.1. The standard InChI is InChI=1S/C41H67N13O16S2/c1-21(43)33(61)47-24-8-3-2-7-23(34(62)45-15-32(59)60)48-37(65)26(13-22-14-44-20-46-22)50-35(63)25(9-4-5-11-42)49-40(68)30(19-58)71-72(70)31-10-6-12-54(31)41(69)29(18-57)53-39(67)28(17-56)52-38(66)27(16-55)51-36(24)64/h14,20-21,23-31,55-58H,2-13,15-19,42-43H2,1H3,(H,44,46)(H,45,62)(H,47,61)(H,48,65)(H,49,68)(H,50,63)(H,51,64)(H,52,66)(H,53,67)(H,59,60)/t21-,23+,24+,25-,26?,27+,28?,29-,30-,31-,72?/m0/s1. The van der Waals surface area contributed by atoms with E-state index in [1.807, 2.05) is 0 Å². The molecule has 2 aliphatic heterocycles. The first-order valence-electron chi connectivity index (χ1n) is 23.1. The number of carboxylic acids is 1. The van der Waals surface area contributed by atoms with Gasteiger partial charge in [-0.1, -0.05) is 12.8 Å². The molecular weight excluding hydrogens is 995 g/mol. The van der Waals surface area contributed by atoms with Gasteiger partial charge in [0.25, 0.3) is 0 Å². The van der Waals surface area contributed by atoms with Crippen molar-refractivity contribution >= 4 is 79.8 Å². The second-order valence-electron chi connectivity index (χ2n) is 16.9. The molecule has 1 aromatic heterocycles. The van der Waals surface area contributed by atoms with E-state index in [1.54, 1.807) is 0 Å². The van der Waals surface area contributed by atoms with Crippen molar-refractivity contribution in [2.24, 2.45) is 11.5 Å². The van der Waals surface area contributed by atoms with Crippen molar-refractivity contribution in [2.45, 2.75) is 130 Å². The second kappa shape index (κ2) is 30.9. The zero-order chi connectivity index (χ0) is 53.5. The topological polar surface area (TPSA) is 469 Å². The number of aliphatic hydroxyl groups is 4. The van der Waals surface area contributed by atoms with Gasteiger partial charge in [-0.25, -0.2) is 9.19 Å². The number of aliphatic hydroxyl groups excluding tert-OH is 4. The fourth-order valence-corrected chi connectivity index (χ4v) is 10.8. The van der Waals surface area contributed by atoms with Crippen LogP contribution in [-0.4, -0.2) is 209 Å². The van der Waals surface area contributed by atoms with E-state index < -0.39 is 161 Å². The smallest absolute Gasteiger partial charge is 0.322 e. The molecule has 2 saturated heterocycles. The molecule has 0 spiro atoms. The molecule has 18 N–H and O–H groups in total. The lowest BCUT2D eigenvalue weighted by Crippen LogP contribution is -2.61. The molecule has 29 nitrogen and oxygen atoms in total. The number of fused-ring (bicyclic) bond motifs is 1. The number of H-pyrrole nitrogens is 1. The van der Waals surface area contributed by atoms with E-state index in [0.29, 0.717) is 22.9 Å². The van der Waals surface area contributed by atoms with Gasteiger partial charge in [0, 0.05) is 24.9 Å². The second-order valence-corrected chi connectivity index (χ2v) is 20.3. The number of nitrogens with two attached hydrogens (primary N) is 2. The summed E-state index contributed by atoms with van der Waals surface area (Å²) in [6.07, 6.45) is 3.03. The molecule has 3 rings (SSSR count). The van der Waals surface area contributed by atoms with Gasteiger partial charge in [-0.2, -0.15) is 0 Å². The molecule has 31 heteroatoms. The molecule has 9 amide bonds. The van der Waals surface area contributed by atoms with Crippen LogP contribution < -0.4 is 54.0 Å². The Balaban J connectivity index is 2.08. The molecule has 72 heavy (non-hydrogen) atoms. The first kappa shape index (κ1) is 60.5. The van der Waals surface area contributed by atoms with E-state index in [0.717, 1.165) is 4.90 Å². The van der Waals surface area contributed by atoms with Gasteiger partial charge in [-0.3, -0.25) is 47.9 Å². The molecular formula is C41H67N13O16S2. The Bertz CT molecular complexity index is 2050. The lowest BCUT2D eigenvalue weighted by atomic mass is 10.0. The number of aliphatic carboxylic acids is 1. The lowest BCUT2D eigenvalue weighted by molar-refractivity contribution is -0.139. The van der Waals surface area contributed by atoms with Crippen LogP contribution in [0, 0.1) is 0 Å².